The van der Waals surface area contributed by atoms with E-state index in [1.54, 1.807) is 12.4 Å². The first-order valence-corrected chi connectivity index (χ1v) is 6.69. The van der Waals surface area contributed by atoms with Crippen molar-refractivity contribution in [2.45, 2.75) is 25.8 Å². The van der Waals surface area contributed by atoms with Crippen molar-refractivity contribution >= 4 is 15.9 Å². The molecule has 0 fully saturated rings. The highest BCUT2D eigenvalue weighted by Crippen LogP contribution is 2.21. The Morgan fingerprint density at radius 3 is 2.56 bits per heavy atom. The van der Waals surface area contributed by atoms with Crippen LogP contribution in [0.4, 0.5) is 0 Å². The van der Waals surface area contributed by atoms with E-state index in [1.165, 1.54) is 5.56 Å². The second-order valence-corrected chi connectivity index (χ2v) is 5.29. The SMILES string of the molecule is Cc1nn(C)c(CC(N)Cc2ccncc2)c1Br. The van der Waals surface area contributed by atoms with Crippen molar-refractivity contribution in [1.82, 2.24) is 14.8 Å². The van der Waals surface area contributed by atoms with Crippen molar-refractivity contribution in [3.63, 3.8) is 0 Å². The fourth-order valence-electron chi connectivity index (χ4n) is 2.04. The predicted molar refractivity (Wildman–Crippen MR) is 75.3 cm³/mol. The number of nitrogens with two attached hydrogens (primary N) is 1. The molecule has 2 heterocycles. The van der Waals surface area contributed by atoms with Gasteiger partial charge in [-0.25, -0.2) is 0 Å². The van der Waals surface area contributed by atoms with Crippen molar-refractivity contribution < 1.29 is 0 Å². The molecule has 1 atom stereocenters. The molecule has 2 aromatic heterocycles. The lowest BCUT2D eigenvalue weighted by molar-refractivity contribution is 0.611. The van der Waals surface area contributed by atoms with E-state index in [4.69, 9.17) is 5.73 Å². The van der Waals surface area contributed by atoms with Gasteiger partial charge in [-0.1, -0.05) is 0 Å². The molecule has 0 aliphatic rings. The van der Waals surface area contributed by atoms with Crippen LogP contribution in [-0.4, -0.2) is 20.8 Å². The van der Waals surface area contributed by atoms with Crippen molar-refractivity contribution in [3.05, 3.63) is 46.0 Å². The minimum absolute atomic E-state index is 0.0819. The maximum Gasteiger partial charge on any atom is 0.0738 e. The number of aryl methyl sites for hydroxylation is 2. The fraction of sp³-hybridized carbons (Fsp3) is 0.385. The number of nitrogens with zero attached hydrogens (tertiary/aromatic N) is 3. The van der Waals surface area contributed by atoms with Gasteiger partial charge in [0.25, 0.3) is 0 Å². The Kier molecular flexibility index (Phi) is 4.14. The third-order valence-electron chi connectivity index (χ3n) is 2.96. The summed E-state index contributed by atoms with van der Waals surface area (Å²) in [4.78, 5) is 4.01. The molecule has 0 aromatic carbocycles. The fourth-order valence-corrected chi connectivity index (χ4v) is 2.54. The van der Waals surface area contributed by atoms with Gasteiger partial charge in [0.15, 0.2) is 0 Å². The predicted octanol–water partition coefficient (Wildman–Crippen LogP) is 2.00. The van der Waals surface area contributed by atoms with E-state index in [2.05, 4.69) is 26.0 Å². The van der Waals surface area contributed by atoms with E-state index in [1.807, 2.05) is 30.8 Å². The summed E-state index contributed by atoms with van der Waals surface area (Å²) >= 11 is 3.57. The zero-order valence-electron chi connectivity index (χ0n) is 10.6. The maximum atomic E-state index is 6.20. The van der Waals surface area contributed by atoms with E-state index < -0.39 is 0 Å². The summed E-state index contributed by atoms with van der Waals surface area (Å²) in [6.07, 6.45) is 5.25. The van der Waals surface area contributed by atoms with Gasteiger partial charge in [-0.2, -0.15) is 5.10 Å². The second kappa shape index (κ2) is 5.63. The summed E-state index contributed by atoms with van der Waals surface area (Å²) in [5.41, 5.74) is 9.57. The maximum absolute atomic E-state index is 6.20. The molecule has 2 aromatic rings. The van der Waals surface area contributed by atoms with Gasteiger partial charge in [-0.15, -0.1) is 0 Å². The Morgan fingerprint density at radius 1 is 1.33 bits per heavy atom. The van der Waals surface area contributed by atoms with E-state index in [0.717, 1.165) is 28.7 Å². The van der Waals surface area contributed by atoms with E-state index in [9.17, 15) is 0 Å². The summed E-state index contributed by atoms with van der Waals surface area (Å²) < 4.78 is 2.96. The monoisotopic (exact) mass is 308 g/mol. The van der Waals surface area contributed by atoms with Gasteiger partial charge in [0.05, 0.1) is 15.9 Å². The molecule has 2 rings (SSSR count). The lowest BCUT2D eigenvalue weighted by Crippen LogP contribution is -2.26. The summed E-state index contributed by atoms with van der Waals surface area (Å²) in [6.45, 7) is 1.99. The van der Waals surface area contributed by atoms with Gasteiger partial charge in [0.2, 0.25) is 0 Å². The number of rotatable bonds is 4. The minimum atomic E-state index is 0.0819. The van der Waals surface area contributed by atoms with Crippen LogP contribution in [0.3, 0.4) is 0 Å². The van der Waals surface area contributed by atoms with Gasteiger partial charge in [0.1, 0.15) is 0 Å². The van der Waals surface area contributed by atoms with E-state index >= 15 is 0 Å². The highest BCUT2D eigenvalue weighted by molar-refractivity contribution is 9.10. The molecule has 0 amide bonds. The first kappa shape index (κ1) is 13.2. The van der Waals surface area contributed by atoms with Crippen LogP contribution in [0, 0.1) is 6.92 Å². The second-order valence-electron chi connectivity index (χ2n) is 4.49. The molecule has 1 unspecified atom stereocenters. The number of halogens is 1. The number of pyridine rings is 1. The summed E-state index contributed by atoms with van der Waals surface area (Å²) in [6, 6.07) is 4.09. The van der Waals surface area contributed by atoms with Gasteiger partial charge < -0.3 is 5.73 Å². The molecule has 5 heteroatoms. The van der Waals surface area contributed by atoms with Gasteiger partial charge >= 0.3 is 0 Å². The molecule has 0 spiro atoms. The average molecular weight is 309 g/mol. The van der Waals surface area contributed by atoms with Gasteiger partial charge in [0, 0.05) is 31.9 Å². The van der Waals surface area contributed by atoms with Crippen LogP contribution < -0.4 is 5.73 Å². The number of hydrogen-bond donors (Lipinski definition) is 1. The van der Waals surface area contributed by atoms with Crippen LogP contribution in [-0.2, 0) is 19.9 Å². The first-order valence-electron chi connectivity index (χ1n) is 5.90. The average Bonchev–Trinajstić information content (AvgIpc) is 2.57. The molecule has 18 heavy (non-hydrogen) atoms. The molecule has 0 radical (unpaired) electrons. The third kappa shape index (κ3) is 2.97. The lowest BCUT2D eigenvalue weighted by Gasteiger charge is -2.12. The van der Waals surface area contributed by atoms with Crippen molar-refractivity contribution in [1.29, 1.82) is 0 Å². The van der Waals surface area contributed by atoms with Crippen LogP contribution in [0.25, 0.3) is 0 Å². The molecule has 0 bridgehead atoms. The zero-order chi connectivity index (χ0) is 13.1. The largest absolute Gasteiger partial charge is 0.327 e. The van der Waals surface area contributed by atoms with Crippen LogP contribution >= 0.6 is 15.9 Å². The molecule has 2 N–H and O–H groups in total. The van der Waals surface area contributed by atoms with Gasteiger partial charge in [-0.05, 0) is 47.0 Å². The van der Waals surface area contributed by atoms with Crippen molar-refractivity contribution in [2.75, 3.05) is 0 Å². The topological polar surface area (TPSA) is 56.7 Å². The van der Waals surface area contributed by atoms with E-state index in [0.29, 0.717) is 0 Å². The molecule has 0 aliphatic carbocycles. The third-order valence-corrected chi connectivity index (χ3v) is 4.00. The highest BCUT2D eigenvalue weighted by Gasteiger charge is 2.14. The summed E-state index contributed by atoms with van der Waals surface area (Å²) in [5.74, 6) is 0. The Morgan fingerprint density at radius 2 is 2.00 bits per heavy atom. The van der Waals surface area contributed by atoms with Crippen molar-refractivity contribution in [2.24, 2.45) is 12.8 Å². The standard InChI is InChI=1S/C13H17BrN4/c1-9-13(14)12(18(2)17-9)8-11(15)7-10-3-5-16-6-4-10/h3-6,11H,7-8,15H2,1-2H3. The summed E-state index contributed by atoms with van der Waals surface area (Å²) in [7, 11) is 1.95. The Bertz CT molecular complexity index is 521. The van der Waals surface area contributed by atoms with Crippen molar-refractivity contribution in [3.8, 4) is 0 Å². The van der Waals surface area contributed by atoms with Crippen LogP contribution in [0.1, 0.15) is 17.0 Å². The minimum Gasteiger partial charge on any atom is -0.327 e. The lowest BCUT2D eigenvalue weighted by atomic mass is 10.0. The van der Waals surface area contributed by atoms with Crippen LogP contribution in [0.5, 0.6) is 0 Å². The van der Waals surface area contributed by atoms with Crippen LogP contribution in [0.2, 0.25) is 0 Å². The molecule has 96 valence electrons. The van der Waals surface area contributed by atoms with E-state index in [-0.39, 0.29) is 6.04 Å². The molecule has 4 nitrogen and oxygen atoms in total. The first-order chi connectivity index (χ1) is 8.58. The van der Waals surface area contributed by atoms with Gasteiger partial charge in [-0.3, -0.25) is 9.67 Å². The molecular weight excluding hydrogens is 292 g/mol. The Labute approximate surface area is 115 Å². The zero-order valence-corrected chi connectivity index (χ0v) is 12.2. The molecular formula is C13H17BrN4. The van der Waals surface area contributed by atoms with Crippen LogP contribution in [0.15, 0.2) is 29.0 Å². The normalized spacial score (nSPS) is 12.7. The Hall–Kier alpha value is -1.20. The highest BCUT2D eigenvalue weighted by atomic mass is 79.9. The number of hydrogen-bond acceptors (Lipinski definition) is 3. The molecule has 0 saturated heterocycles. The molecule has 0 saturated carbocycles. The summed E-state index contributed by atoms with van der Waals surface area (Å²) in [5, 5.41) is 4.37. The Balaban J connectivity index is 2.05. The quantitative estimate of drug-likeness (QED) is 0.940. The molecule has 0 aliphatic heterocycles. The number of aromatic nitrogens is 3. The smallest absolute Gasteiger partial charge is 0.0738 e.